The predicted octanol–water partition coefficient (Wildman–Crippen LogP) is 3.98. The van der Waals surface area contributed by atoms with Crippen molar-refractivity contribution in [3.63, 3.8) is 0 Å². The molecule has 2 aromatic carbocycles. The lowest BCUT2D eigenvalue weighted by Gasteiger charge is -2.23. The maximum Gasteiger partial charge on any atom is 0.510 e. The Kier molecular flexibility index (Phi) is 6.81. The molecule has 0 spiro atoms. The smallest absolute Gasteiger partial charge is 0.455 e. The number of amides is 1. The van der Waals surface area contributed by atoms with Crippen LogP contribution in [0.3, 0.4) is 0 Å². The van der Waals surface area contributed by atoms with Gasteiger partial charge in [-0.15, -0.1) is 0 Å². The molecule has 0 aliphatic rings. The van der Waals surface area contributed by atoms with Gasteiger partial charge in [0.15, 0.2) is 5.75 Å². The number of aryl methyl sites for hydroxylation is 1. The number of halogens is 1. The van der Waals surface area contributed by atoms with Gasteiger partial charge in [-0.1, -0.05) is 35.9 Å². The summed E-state index contributed by atoms with van der Waals surface area (Å²) < 4.78 is 16.2. The van der Waals surface area contributed by atoms with Gasteiger partial charge in [-0.05, 0) is 31.2 Å². The molecule has 0 unspecified atom stereocenters. The van der Waals surface area contributed by atoms with Crippen LogP contribution in [0.1, 0.15) is 17.3 Å². The molecule has 9 heteroatoms. The average molecular weight is 445 g/mol. The minimum atomic E-state index is -0.966. The molecule has 0 N–H and O–H groups in total. The van der Waals surface area contributed by atoms with Crippen molar-refractivity contribution in [2.24, 2.45) is 7.05 Å². The fourth-order valence-electron chi connectivity index (χ4n) is 3.23. The molecule has 1 aromatic heterocycles. The Hall–Kier alpha value is -3.52. The third-order valence-corrected chi connectivity index (χ3v) is 5.03. The zero-order valence-electron chi connectivity index (χ0n) is 17.3. The summed E-state index contributed by atoms with van der Waals surface area (Å²) in [6.07, 6.45) is -0.966. The highest BCUT2D eigenvalue weighted by Crippen LogP contribution is 2.34. The van der Waals surface area contributed by atoms with Crippen LogP contribution in [-0.2, 0) is 16.5 Å². The van der Waals surface area contributed by atoms with Gasteiger partial charge in [0.2, 0.25) is 6.79 Å². The number of rotatable bonds is 6. The van der Waals surface area contributed by atoms with Crippen molar-refractivity contribution in [3.8, 4) is 5.75 Å². The van der Waals surface area contributed by atoms with Crippen LogP contribution < -0.4 is 15.2 Å². The second-order valence-corrected chi connectivity index (χ2v) is 6.86. The van der Waals surface area contributed by atoms with Gasteiger partial charge in [-0.3, -0.25) is 9.59 Å². The van der Waals surface area contributed by atoms with E-state index in [0.717, 1.165) is 7.11 Å². The van der Waals surface area contributed by atoms with Crippen molar-refractivity contribution in [2.45, 2.75) is 6.92 Å². The van der Waals surface area contributed by atoms with E-state index in [2.05, 4.69) is 4.74 Å². The molecule has 0 bridgehead atoms. The number of hydrogen-bond acceptors (Lipinski definition) is 6. The highest BCUT2D eigenvalue weighted by atomic mass is 35.5. The molecule has 31 heavy (non-hydrogen) atoms. The Labute approximate surface area is 183 Å². The third-order valence-electron chi connectivity index (χ3n) is 4.72. The highest BCUT2D eigenvalue weighted by Gasteiger charge is 2.28. The van der Waals surface area contributed by atoms with Gasteiger partial charge in [0.25, 0.3) is 11.5 Å². The minimum Gasteiger partial charge on any atom is -0.455 e. The Bertz CT molecular complexity index is 1180. The summed E-state index contributed by atoms with van der Waals surface area (Å²) in [5.41, 5.74) is 0.294. The number of aromatic nitrogens is 1. The van der Waals surface area contributed by atoms with Crippen LogP contribution in [-0.4, -0.2) is 37.1 Å². The number of fused-ring (bicyclic) bond motifs is 1. The van der Waals surface area contributed by atoms with E-state index in [1.165, 1.54) is 9.47 Å². The number of anilines is 1. The summed E-state index contributed by atoms with van der Waals surface area (Å²) in [6, 6.07) is 13.9. The van der Waals surface area contributed by atoms with E-state index in [4.69, 9.17) is 21.1 Å². The van der Waals surface area contributed by atoms with E-state index in [-0.39, 0.29) is 16.3 Å². The predicted molar refractivity (Wildman–Crippen MR) is 117 cm³/mol. The first-order chi connectivity index (χ1) is 14.9. The lowest BCUT2D eigenvalue weighted by molar-refractivity contribution is 0.0153. The molecule has 0 saturated heterocycles. The summed E-state index contributed by atoms with van der Waals surface area (Å²) in [5, 5.41) is 0.630. The Morgan fingerprint density at radius 1 is 1.10 bits per heavy atom. The maximum absolute atomic E-state index is 13.5. The Balaban J connectivity index is 2.21. The summed E-state index contributed by atoms with van der Waals surface area (Å²) in [4.78, 5) is 39.5. The number of para-hydroxylation sites is 1. The molecule has 3 aromatic rings. The van der Waals surface area contributed by atoms with Crippen LogP contribution in [0.2, 0.25) is 5.02 Å². The van der Waals surface area contributed by atoms with E-state index in [9.17, 15) is 14.4 Å². The summed E-state index contributed by atoms with van der Waals surface area (Å²) >= 11 is 6.41. The number of methoxy groups -OCH3 is 1. The van der Waals surface area contributed by atoms with Crippen LogP contribution in [0.4, 0.5) is 10.5 Å². The molecule has 1 amide bonds. The Morgan fingerprint density at radius 2 is 1.81 bits per heavy atom. The van der Waals surface area contributed by atoms with Crippen LogP contribution in [0.25, 0.3) is 10.9 Å². The second-order valence-electron chi connectivity index (χ2n) is 6.45. The largest absolute Gasteiger partial charge is 0.510 e. The summed E-state index contributed by atoms with van der Waals surface area (Å²) in [6.45, 7) is 1.53. The minimum absolute atomic E-state index is 0.0630. The van der Waals surface area contributed by atoms with E-state index >= 15 is 0 Å². The van der Waals surface area contributed by atoms with Crippen LogP contribution >= 0.6 is 11.6 Å². The standard InChI is InChI=1S/C22H21ClN2O6/c1-4-25(14-9-6-5-7-10-14)21(27)18-19(30-13-31-22(28)29-3)17-15(23)11-8-12-16(17)24(2)20(18)26/h5-12H,4,13H2,1-3H3. The average Bonchev–Trinajstić information content (AvgIpc) is 2.78. The first-order valence-electron chi connectivity index (χ1n) is 9.42. The van der Waals surface area contributed by atoms with Gasteiger partial charge in [0, 0.05) is 19.3 Å². The molecule has 1 heterocycles. The van der Waals surface area contributed by atoms with Gasteiger partial charge in [0.05, 0.1) is 23.0 Å². The molecule has 3 rings (SSSR count). The first kappa shape index (κ1) is 22.2. The number of carbonyl (C=O) groups excluding carboxylic acids is 2. The molecule has 8 nitrogen and oxygen atoms in total. The molecule has 0 atom stereocenters. The monoisotopic (exact) mass is 444 g/mol. The van der Waals surface area contributed by atoms with Crippen LogP contribution in [0.15, 0.2) is 53.3 Å². The number of benzene rings is 2. The molecular weight excluding hydrogens is 424 g/mol. The summed E-state index contributed by atoms with van der Waals surface area (Å²) in [7, 11) is 2.70. The molecule has 0 aliphatic heterocycles. The SMILES string of the molecule is CCN(C(=O)c1c(OCOC(=O)OC)c2c(Cl)cccc2n(C)c1=O)c1ccccc1. The molecule has 0 saturated carbocycles. The number of ether oxygens (including phenoxy) is 3. The third kappa shape index (κ3) is 4.34. The maximum atomic E-state index is 13.5. The van der Waals surface area contributed by atoms with Crippen molar-refractivity contribution in [1.29, 1.82) is 0 Å². The van der Waals surface area contributed by atoms with Gasteiger partial charge < -0.3 is 23.7 Å². The zero-order valence-corrected chi connectivity index (χ0v) is 18.0. The second kappa shape index (κ2) is 9.53. The van der Waals surface area contributed by atoms with Crippen molar-refractivity contribution < 1.29 is 23.8 Å². The zero-order chi connectivity index (χ0) is 22.5. The molecule has 0 fully saturated rings. The van der Waals surface area contributed by atoms with Crippen molar-refractivity contribution in [1.82, 2.24) is 4.57 Å². The fraction of sp³-hybridized carbons (Fsp3) is 0.227. The van der Waals surface area contributed by atoms with Crippen LogP contribution in [0.5, 0.6) is 5.75 Å². The lowest BCUT2D eigenvalue weighted by atomic mass is 10.1. The van der Waals surface area contributed by atoms with E-state index in [0.29, 0.717) is 23.1 Å². The number of nitrogens with zero attached hydrogens (tertiary/aromatic N) is 2. The number of carbonyl (C=O) groups is 2. The van der Waals surface area contributed by atoms with E-state index in [1.807, 2.05) is 6.07 Å². The topological polar surface area (TPSA) is 87.1 Å². The van der Waals surface area contributed by atoms with Gasteiger partial charge in [-0.25, -0.2) is 4.79 Å². The van der Waals surface area contributed by atoms with E-state index in [1.54, 1.807) is 56.4 Å². The summed E-state index contributed by atoms with van der Waals surface area (Å²) in [5.74, 6) is -0.629. The molecule has 0 radical (unpaired) electrons. The quantitative estimate of drug-likeness (QED) is 0.422. The van der Waals surface area contributed by atoms with Gasteiger partial charge in [-0.2, -0.15) is 0 Å². The molecular formula is C22H21ClN2O6. The van der Waals surface area contributed by atoms with E-state index < -0.39 is 24.4 Å². The van der Waals surface area contributed by atoms with Crippen molar-refractivity contribution in [3.05, 3.63) is 69.5 Å². The highest BCUT2D eigenvalue weighted by molar-refractivity contribution is 6.36. The Morgan fingerprint density at radius 3 is 2.45 bits per heavy atom. The molecule has 162 valence electrons. The lowest BCUT2D eigenvalue weighted by Crippen LogP contribution is -2.37. The van der Waals surface area contributed by atoms with Gasteiger partial charge in [0.1, 0.15) is 5.56 Å². The normalized spacial score (nSPS) is 10.6. The van der Waals surface area contributed by atoms with Crippen LogP contribution in [0, 0.1) is 0 Å². The first-order valence-corrected chi connectivity index (χ1v) is 9.80. The number of pyridine rings is 1. The van der Waals surface area contributed by atoms with Crippen molar-refractivity contribution in [2.75, 3.05) is 25.3 Å². The van der Waals surface area contributed by atoms with Gasteiger partial charge >= 0.3 is 6.16 Å². The van der Waals surface area contributed by atoms with Crippen molar-refractivity contribution >= 4 is 40.3 Å². The fourth-order valence-corrected chi connectivity index (χ4v) is 3.49. The number of hydrogen-bond donors (Lipinski definition) is 0. The molecule has 0 aliphatic carbocycles.